The second kappa shape index (κ2) is 11.1. The van der Waals surface area contributed by atoms with Gasteiger partial charge in [0.1, 0.15) is 17.0 Å². The molecule has 0 bridgehead atoms. The van der Waals surface area contributed by atoms with Crippen LogP contribution in [0.5, 0.6) is 0 Å². The highest BCUT2D eigenvalue weighted by atomic mass is 16.5. The van der Waals surface area contributed by atoms with Gasteiger partial charge in [-0.2, -0.15) is 9.61 Å². The molecule has 2 aliphatic rings. The molecule has 4 aromatic heterocycles. The number of hydrogen-bond acceptors (Lipinski definition) is 7. The minimum atomic E-state index is -0.933. The summed E-state index contributed by atoms with van der Waals surface area (Å²) in [6.07, 6.45) is 9.68. The van der Waals surface area contributed by atoms with Crippen LogP contribution in [0.3, 0.4) is 0 Å². The number of carbonyl (C=O) groups excluding carboxylic acids is 1. The quantitative estimate of drug-likeness (QED) is 0.286. The Balaban J connectivity index is 1.36. The maximum absolute atomic E-state index is 13.7. The number of benzene rings is 1. The van der Waals surface area contributed by atoms with Crippen molar-refractivity contribution in [3.8, 4) is 11.3 Å². The summed E-state index contributed by atoms with van der Waals surface area (Å²) in [5.74, 6) is 0.529. The normalized spacial score (nSPS) is 21.0. The number of anilines is 1. The molecule has 1 aromatic carbocycles. The van der Waals surface area contributed by atoms with E-state index in [1.807, 2.05) is 43.6 Å². The van der Waals surface area contributed by atoms with Crippen molar-refractivity contribution in [3.63, 3.8) is 0 Å². The van der Waals surface area contributed by atoms with Gasteiger partial charge >= 0.3 is 0 Å². The van der Waals surface area contributed by atoms with Crippen LogP contribution >= 0.6 is 0 Å². The number of carbonyl (C=O) groups is 1. The maximum atomic E-state index is 13.7. The Bertz CT molecular complexity index is 1770. The predicted octanol–water partition coefficient (Wildman–Crippen LogP) is 4.77. The van der Waals surface area contributed by atoms with Gasteiger partial charge in [-0.05, 0) is 56.7 Å². The lowest BCUT2D eigenvalue weighted by atomic mass is 10.0. The number of fused-ring (bicyclic) bond motifs is 2. The van der Waals surface area contributed by atoms with Crippen LogP contribution in [0.4, 0.5) is 5.82 Å². The van der Waals surface area contributed by atoms with Gasteiger partial charge in [0.2, 0.25) is 0 Å². The number of hydrogen-bond donors (Lipinski definition) is 2. The Labute approximate surface area is 250 Å². The number of aromatic nitrogens is 5. The van der Waals surface area contributed by atoms with Gasteiger partial charge in [-0.15, -0.1) is 0 Å². The van der Waals surface area contributed by atoms with E-state index >= 15 is 0 Å². The molecule has 1 aliphatic carbocycles. The average molecular weight is 580 g/mol. The molecule has 2 N–H and O–H groups in total. The van der Waals surface area contributed by atoms with Crippen LogP contribution in [0.1, 0.15) is 61.0 Å². The number of nitrogens with zero attached hydrogens (tertiary/aromatic N) is 6. The van der Waals surface area contributed by atoms with Crippen molar-refractivity contribution in [1.29, 1.82) is 0 Å². The summed E-state index contributed by atoms with van der Waals surface area (Å²) in [6.45, 7) is 3.90. The van der Waals surface area contributed by atoms with Crippen molar-refractivity contribution in [3.05, 3.63) is 78.2 Å². The third-order valence-electron chi connectivity index (χ3n) is 9.03. The predicted molar refractivity (Wildman–Crippen MR) is 165 cm³/mol. The Morgan fingerprint density at radius 1 is 1.14 bits per heavy atom. The third-order valence-corrected chi connectivity index (χ3v) is 9.03. The molecule has 0 spiro atoms. The van der Waals surface area contributed by atoms with Crippen molar-refractivity contribution in [2.24, 2.45) is 0 Å². The topological polar surface area (TPSA) is 110 Å². The average Bonchev–Trinajstić information content (AvgIpc) is 3.72. The van der Waals surface area contributed by atoms with E-state index in [2.05, 4.69) is 44.3 Å². The minimum absolute atomic E-state index is 0.283. The van der Waals surface area contributed by atoms with E-state index < -0.39 is 5.60 Å². The fourth-order valence-electron chi connectivity index (χ4n) is 6.60. The molecule has 1 amide bonds. The fourth-order valence-corrected chi connectivity index (χ4v) is 6.60. The summed E-state index contributed by atoms with van der Waals surface area (Å²) in [4.78, 5) is 25.6. The van der Waals surface area contributed by atoms with Crippen molar-refractivity contribution < 1.29 is 14.6 Å². The van der Waals surface area contributed by atoms with E-state index in [9.17, 15) is 9.90 Å². The number of nitrogens with one attached hydrogen (secondary N) is 1. The molecule has 1 unspecified atom stereocenters. The van der Waals surface area contributed by atoms with Crippen LogP contribution in [0.2, 0.25) is 0 Å². The zero-order valence-corrected chi connectivity index (χ0v) is 24.6. The van der Waals surface area contributed by atoms with Crippen molar-refractivity contribution in [2.45, 2.75) is 63.3 Å². The molecule has 1 aliphatic heterocycles. The molecule has 1 saturated heterocycles. The molecule has 2 atom stereocenters. The lowest BCUT2D eigenvalue weighted by molar-refractivity contribution is 0.0368. The Morgan fingerprint density at radius 3 is 2.72 bits per heavy atom. The van der Waals surface area contributed by atoms with Crippen LogP contribution in [-0.4, -0.2) is 67.1 Å². The van der Waals surface area contributed by atoms with Gasteiger partial charge in [-0.1, -0.05) is 30.3 Å². The smallest absolute Gasteiger partial charge is 0.257 e. The van der Waals surface area contributed by atoms with E-state index in [1.54, 1.807) is 17.6 Å². The summed E-state index contributed by atoms with van der Waals surface area (Å²) < 4.78 is 9.64. The van der Waals surface area contributed by atoms with Crippen LogP contribution in [-0.2, 0) is 11.3 Å². The molecule has 7 rings (SSSR count). The van der Waals surface area contributed by atoms with E-state index in [1.165, 1.54) is 0 Å². The van der Waals surface area contributed by atoms with Gasteiger partial charge in [-0.3, -0.25) is 4.79 Å². The van der Waals surface area contributed by atoms with E-state index in [4.69, 9.17) is 14.7 Å². The van der Waals surface area contributed by atoms with Gasteiger partial charge in [0, 0.05) is 62.3 Å². The highest BCUT2D eigenvalue weighted by Crippen LogP contribution is 2.36. The first-order valence-corrected chi connectivity index (χ1v) is 15.1. The maximum Gasteiger partial charge on any atom is 0.257 e. The summed E-state index contributed by atoms with van der Waals surface area (Å²) in [5, 5.41) is 19.5. The molecule has 5 aromatic rings. The summed E-state index contributed by atoms with van der Waals surface area (Å²) in [5.41, 5.74) is 3.69. The Hall–Kier alpha value is -4.28. The molecule has 2 fully saturated rings. The number of amides is 1. The van der Waals surface area contributed by atoms with E-state index in [0.29, 0.717) is 30.2 Å². The third kappa shape index (κ3) is 5.14. The van der Waals surface area contributed by atoms with E-state index in [-0.39, 0.29) is 11.9 Å². The lowest BCUT2D eigenvalue weighted by Gasteiger charge is -2.26. The molecular formula is C33H37N7O3. The number of pyridine rings is 1. The van der Waals surface area contributed by atoms with Crippen LogP contribution in [0, 0.1) is 0 Å². The molecule has 1 saturated carbocycles. The summed E-state index contributed by atoms with van der Waals surface area (Å²) in [6, 6.07) is 16.3. The van der Waals surface area contributed by atoms with Crippen molar-refractivity contribution in [2.75, 3.05) is 25.2 Å². The molecular weight excluding hydrogens is 542 g/mol. The van der Waals surface area contributed by atoms with Crippen molar-refractivity contribution >= 4 is 28.4 Å². The highest BCUT2D eigenvalue weighted by Gasteiger charge is 2.38. The molecule has 43 heavy (non-hydrogen) atoms. The lowest BCUT2D eigenvalue weighted by Crippen LogP contribution is -2.47. The van der Waals surface area contributed by atoms with Crippen LogP contribution in [0.25, 0.3) is 27.9 Å². The van der Waals surface area contributed by atoms with E-state index in [0.717, 1.165) is 72.6 Å². The highest BCUT2D eigenvalue weighted by molar-refractivity contribution is 6.01. The van der Waals surface area contributed by atoms with Gasteiger partial charge in [0.05, 0.1) is 23.5 Å². The first-order valence-electron chi connectivity index (χ1n) is 15.1. The monoisotopic (exact) mass is 579 g/mol. The van der Waals surface area contributed by atoms with Gasteiger partial charge < -0.3 is 24.6 Å². The first-order chi connectivity index (χ1) is 20.9. The standard InChI is InChI=1S/C33H37N7O3/c1-33(42)14-6-11-28(33)37-32(41)25-19-35-40-29(38(2)20-22-8-4-3-5-9-22)18-27(36-31(25)40)26-21-39(23-12-16-43-17-13-23)30-24(26)10-7-15-34-30/h3-5,7-10,15,18-19,21,23,28,42H,6,11-14,16-17,20H2,1-2H3,(H,37,41)/t28?,33-/m0/s1. The first kappa shape index (κ1) is 27.5. The SMILES string of the molecule is CN(Cc1ccccc1)c1cc(-c2cn(C3CCOCC3)c3ncccc23)nc2c(C(=O)NC3CCC[C@]3(C)O)cnn12. The molecule has 5 heterocycles. The van der Waals surface area contributed by atoms with Gasteiger partial charge in [0.15, 0.2) is 5.65 Å². The molecule has 10 nitrogen and oxygen atoms in total. The second-order valence-electron chi connectivity index (χ2n) is 12.1. The largest absolute Gasteiger partial charge is 0.388 e. The zero-order valence-electron chi connectivity index (χ0n) is 24.6. The summed E-state index contributed by atoms with van der Waals surface area (Å²) in [7, 11) is 2.02. The minimum Gasteiger partial charge on any atom is -0.388 e. The zero-order chi connectivity index (χ0) is 29.6. The van der Waals surface area contributed by atoms with Crippen molar-refractivity contribution in [1.82, 2.24) is 29.5 Å². The molecule has 0 radical (unpaired) electrons. The number of rotatable bonds is 7. The number of aliphatic hydroxyl groups is 1. The Morgan fingerprint density at radius 2 is 1.95 bits per heavy atom. The Kier molecular flexibility index (Phi) is 7.10. The second-order valence-corrected chi connectivity index (χ2v) is 12.1. The molecule has 10 heteroatoms. The molecule has 222 valence electrons. The van der Waals surface area contributed by atoms with Gasteiger partial charge in [-0.25, -0.2) is 9.97 Å². The number of ether oxygens (including phenoxy) is 1. The van der Waals surface area contributed by atoms with Crippen LogP contribution in [0.15, 0.2) is 67.1 Å². The fraction of sp³-hybridized carbons (Fsp3) is 0.394. The van der Waals surface area contributed by atoms with Crippen LogP contribution < -0.4 is 10.2 Å². The summed E-state index contributed by atoms with van der Waals surface area (Å²) >= 11 is 0. The van der Waals surface area contributed by atoms with Gasteiger partial charge in [0.25, 0.3) is 5.91 Å².